The number of oxazole rings is 1. The lowest BCUT2D eigenvalue weighted by Crippen LogP contribution is -2.31. The van der Waals surface area contributed by atoms with Crippen molar-refractivity contribution in [3.8, 4) is 11.1 Å². The van der Waals surface area contributed by atoms with E-state index in [4.69, 9.17) is 4.42 Å². The van der Waals surface area contributed by atoms with Gasteiger partial charge in [-0.1, -0.05) is 30.3 Å². The predicted molar refractivity (Wildman–Crippen MR) is 114 cm³/mol. The Labute approximate surface area is 178 Å². The van der Waals surface area contributed by atoms with E-state index in [1.54, 1.807) is 18.2 Å². The molecule has 31 heavy (non-hydrogen) atoms. The Bertz CT molecular complexity index is 1300. The second-order valence-corrected chi connectivity index (χ2v) is 7.83. The lowest BCUT2D eigenvalue weighted by atomic mass is 10.1. The number of halogens is 2. The molecule has 156 valence electrons. The summed E-state index contributed by atoms with van der Waals surface area (Å²) in [6.45, 7) is 2.58. The van der Waals surface area contributed by atoms with Crippen molar-refractivity contribution in [2.45, 2.75) is 25.8 Å². The fourth-order valence-corrected chi connectivity index (χ4v) is 4.18. The zero-order chi connectivity index (χ0) is 21.5. The van der Waals surface area contributed by atoms with Crippen LogP contribution in [-0.4, -0.2) is 22.3 Å². The number of benzene rings is 3. The highest BCUT2D eigenvalue weighted by Gasteiger charge is 2.34. The normalized spacial score (nSPS) is 16.2. The van der Waals surface area contributed by atoms with Gasteiger partial charge in [0, 0.05) is 12.1 Å². The molecule has 1 saturated heterocycles. The molecule has 0 saturated carbocycles. The molecule has 0 unspecified atom stereocenters. The van der Waals surface area contributed by atoms with Crippen LogP contribution in [0.3, 0.4) is 0 Å². The molecule has 1 fully saturated rings. The smallest absolute Gasteiger partial charge is 0.254 e. The number of nitrogens with zero attached hydrogens (tertiary/aromatic N) is 2. The van der Waals surface area contributed by atoms with Gasteiger partial charge in [0.15, 0.2) is 17.2 Å². The van der Waals surface area contributed by atoms with E-state index in [-0.39, 0.29) is 11.9 Å². The highest BCUT2D eigenvalue weighted by Crippen LogP contribution is 2.35. The van der Waals surface area contributed by atoms with E-state index >= 15 is 0 Å². The molecule has 0 aliphatic carbocycles. The van der Waals surface area contributed by atoms with Gasteiger partial charge in [0.2, 0.25) is 5.89 Å². The van der Waals surface area contributed by atoms with Crippen LogP contribution in [0.1, 0.15) is 40.7 Å². The average molecular weight is 418 g/mol. The van der Waals surface area contributed by atoms with E-state index in [0.29, 0.717) is 40.2 Å². The van der Waals surface area contributed by atoms with Gasteiger partial charge in [-0.3, -0.25) is 4.79 Å². The summed E-state index contributed by atoms with van der Waals surface area (Å²) in [5, 5.41) is 0. The fraction of sp³-hybridized carbons (Fsp3) is 0.200. The lowest BCUT2D eigenvalue weighted by Gasteiger charge is -2.23. The third-order valence-corrected chi connectivity index (χ3v) is 5.83. The van der Waals surface area contributed by atoms with Crippen LogP contribution in [0.5, 0.6) is 0 Å². The molecule has 5 rings (SSSR count). The van der Waals surface area contributed by atoms with Gasteiger partial charge < -0.3 is 9.32 Å². The Morgan fingerprint density at radius 2 is 1.81 bits per heavy atom. The minimum Gasteiger partial charge on any atom is -0.438 e. The van der Waals surface area contributed by atoms with Crippen LogP contribution in [0.15, 0.2) is 65.1 Å². The Balaban J connectivity index is 1.47. The third kappa shape index (κ3) is 3.48. The average Bonchev–Trinajstić information content (AvgIpc) is 3.41. The maximum Gasteiger partial charge on any atom is 0.254 e. The van der Waals surface area contributed by atoms with E-state index < -0.39 is 11.6 Å². The Morgan fingerprint density at radius 3 is 2.61 bits per heavy atom. The van der Waals surface area contributed by atoms with Crippen LogP contribution < -0.4 is 0 Å². The largest absolute Gasteiger partial charge is 0.438 e. The molecule has 1 atom stereocenters. The van der Waals surface area contributed by atoms with Crippen LogP contribution in [0, 0.1) is 18.6 Å². The SMILES string of the molecule is Cc1ccccc1C(=O)N1CCC[C@H]1c1nc2cc(-c3ccc(F)c(F)c3)ccc2o1. The van der Waals surface area contributed by atoms with Gasteiger partial charge in [-0.2, -0.15) is 0 Å². The van der Waals surface area contributed by atoms with Crippen LogP contribution in [0.4, 0.5) is 8.78 Å². The maximum absolute atomic E-state index is 13.6. The van der Waals surface area contributed by atoms with Gasteiger partial charge in [0.1, 0.15) is 11.6 Å². The molecule has 2 heterocycles. The summed E-state index contributed by atoms with van der Waals surface area (Å²) in [5.41, 5.74) is 4.11. The Kier molecular flexibility index (Phi) is 4.77. The molecule has 3 aromatic carbocycles. The fourth-order valence-electron chi connectivity index (χ4n) is 4.18. The summed E-state index contributed by atoms with van der Waals surface area (Å²) in [7, 11) is 0. The van der Waals surface area contributed by atoms with E-state index in [2.05, 4.69) is 4.98 Å². The molecule has 0 spiro atoms. The molecule has 1 aliphatic rings. The molecule has 0 N–H and O–H groups in total. The Morgan fingerprint density at radius 1 is 1.03 bits per heavy atom. The molecule has 1 aromatic heterocycles. The number of aromatic nitrogens is 1. The van der Waals surface area contributed by atoms with E-state index in [1.165, 1.54) is 6.07 Å². The number of likely N-dealkylation sites (tertiary alicyclic amines) is 1. The van der Waals surface area contributed by atoms with Gasteiger partial charge >= 0.3 is 0 Å². The predicted octanol–water partition coefficient (Wildman–Crippen LogP) is 6.06. The van der Waals surface area contributed by atoms with Crippen molar-refractivity contribution in [1.29, 1.82) is 0 Å². The summed E-state index contributed by atoms with van der Waals surface area (Å²) in [6, 6.07) is 16.5. The second-order valence-electron chi connectivity index (χ2n) is 7.83. The number of hydrogen-bond acceptors (Lipinski definition) is 3. The molecule has 4 aromatic rings. The topological polar surface area (TPSA) is 46.3 Å². The van der Waals surface area contributed by atoms with Crippen molar-refractivity contribution >= 4 is 17.0 Å². The molecule has 0 radical (unpaired) electrons. The number of amides is 1. The van der Waals surface area contributed by atoms with Gasteiger partial charge in [0.25, 0.3) is 5.91 Å². The van der Waals surface area contributed by atoms with E-state index in [0.717, 1.165) is 30.5 Å². The highest BCUT2D eigenvalue weighted by atomic mass is 19.2. The van der Waals surface area contributed by atoms with Gasteiger partial charge in [-0.15, -0.1) is 0 Å². The van der Waals surface area contributed by atoms with Crippen LogP contribution >= 0.6 is 0 Å². The zero-order valence-corrected chi connectivity index (χ0v) is 16.9. The maximum atomic E-state index is 13.6. The van der Waals surface area contributed by atoms with Crippen molar-refractivity contribution in [2.24, 2.45) is 0 Å². The lowest BCUT2D eigenvalue weighted by molar-refractivity contribution is 0.0716. The first-order valence-electron chi connectivity index (χ1n) is 10.2. The van der Waals surface area contributed by atoms with Gasteiger partial charge in [-0.25, -0.2) is 13.8 Å². The number of fused-ring (bicyclic) bond motifs is 1. The number of hydrogen-bond donors (Lipinski definition) is 0. The van der Waals surface area contributed by atoms with Crippen LogP contribution in [0.2, 0.25) is 0 Å². The van der Waals surface area contributed by atoms with Crippen LogP contribution in [-0.2, 0) is 0 Å². The number of aryl methyl sites for hydroxylation is 1. The summed E-state index contributed by atoms with van der Waals surface area (Å²) in [4.78, 5) is 19.6. The Hall–Kier alpha value is -3.54. The minimum absolute atomic E-state index is 0.0228. The third-order valence-electron chi connectivity index (χ3n) is 5.83. The van der Waals surface area contributed by atoms with Crippen molar-refractivity contribution in [2.75, 3.05) is 6.54 Å². The highest BCUT2D eigenvalue weighted by molar-refractivity contribution is 5.96. The summed E-state index contributed by atoms with van der Waals surface area (Å²) in [5.74, 6) is -1.30. The van der Waals surface area contributed by atoms with Crippen molar-refractivity contribution in [3.05, 3.63) is 89.3 Å². The molecule has 1 aliphatic heterocycles. The molecule has 6 heteroatoms. The minimum atomic E-state index is -0.894. The molecular weight excluding hydrogens is 398 g/mol. The quantitative estimate of drug-likeness (QED) is 0.406. The van der Waals surface area contributed by atoms with Crippen LogP contribution in [0.25, 0.3) is 22.2 Å². The standard InChI is InChI=1S/C25H20F2N2O2/c1-15-5-2-3-6-18(15)25(30)29-12-4-7-22(29)24-28-21-14-17(9-11-23(21)31-24)16-8-10-19(26)20(27)13-16/h2-3,5-6,8-11,13-14,22H,4,7,12H2,1H3/t22-/m0/s1. The summed E-state index contributed by atoms with van der Waals surface area (Å²) in [6.07, 6.45) is 1.65. The van der Waals surface area contributed by atoms with Crippen molar-refractivity contribution in [3.63, 3.8) is 0 Å². The molecule has 0 bridgehead atoms. The van der Waals surface area contributed by atoms with Gasteiger partial charge in [0.05, 0.1) is 0 Å². The van der Waals surface area contributed by atoms with Crippen molar-refractivity contribution in [1.82, 2.24) is 9.88 Å². The molecule has 4 nitrogen and oxygen atoms in total. The summed E-state index contributed by atoms with van der Waals surface area (Å²) >= 11 is 0. The van der Waals surface area contributed by atoms with Crippen molar-refractivity contribution < 1.29 is 18.0 Å². The first-order valence-corrected chi connectivity index (χ1v) is 10.2. The summed E-state index contributed by atoms with van der Waals surface area (Å²) < 4.78 is 32.9. The number of rotatable bonds is 3. The number of carbonyl (C=O) groups is 1. The monoisotopic (exact) mass is 418 g/mol. The zero-order valence-electron chi connectivity index (χ0n) is 16.9. The van der Waals surface area contributed by atoms with E-state index in [1.807, 2.05) is 36.1 Å². The second kappa shape index (κ2) is 7.61. The molecule has 1 amide bonds. The number of carbonyl (C=O) groups excluding carboxylic acids is 1. The van der Waals surface area contributed by atoms with Gasteiger partial charge in [-0.05, 0) is 66.8 Å². The molecular formula is C25H20F2N2O2. The van der Waals surface area contributed by atoms with E-state index in [9.17, 15) is 13.6 Å². The first-order chi connectivity index (χ1) is 15.0. The first kappa shape index (κ1) is 19.4.